The molecule has 2 rings (SSSR count). The fraction of sp³-hybridized carbons (Fsp3) is 0.357. The number of unbranched alkanes of at least 4 members (excludes halogenated alkanes) is 1. The van der Waals surface area contributed by atoms with E-state index in [1.807, 2.05) is 17.7 Å². The third-order valence-electron chi connectivity index (χ3n) is 3.13. The number of hydrogen-bond donors (Lipinski definition) is 1. The Balaban J connectivity index is 1.75. The summed E-state index contributed by atoms with van der Waals surface area (Å²) in [5, 5.41) is 2.38. The van der Waals surface area contributed by atoms with Crippen LogP contribution >= 0.6 is 11.6 Å². The smallest absolute Gasteiger partial charge is 0.254 e. The van der Waals surface area contributed by atoms with E-state index in [1.165, 1.54) is 12.3 Å². The van der Waals surface area contributed by atoms with E-state index >= 15 is 0 Å². The lowest BCUT2D eigenvalue weighted by atomic mass is 10.2. The number of aryl methyl sites for hydroxylation is 2. The van der Waals surface area contributed by atoms with E-state index in [2.05, 4.69) is 15.3 Å². The van der Waals surface area contributed by atoms with Gasteiger partial charge in [-0.05, 0) is 25.8 Å². The SMILES string of the molecule is Cc1nccn1CCCCNC(=O)c1ccnc(Cl)c1F. The summed E-state index contributed by atoms with van der Waals surface area (Å²) in [6, 6.07) is 1.31. The lowest BCUT2D eigenvalue weighted by Crippen LogP contribution is -2.25. The van der Waals surface area contributed by atoms with Gasteiger partial charge in [-0.15, -0.1) is 0 Å². The molecule has 1 amide bonds. The average molecular weight is 311 g/mol. The first kappa shape index (κ1) is 15.4. The summed E-state index contributed by atoms with van der Waals surface area (Å²) in [5.74, 6) is -0.297. The van der Waals surface area contributed by atoms with Crippen LogP contribution in [0, 0.1) is 12.7 Å². The Hall–Kier alpha value is -1.95. The Labute approximate surface area is 127 Å². The summed E-state index contributed by atoms with van der Waals surface area (Å²) in [4.78, 5) is 19.5. The maximum absolute atomic E-state index is 13.6. The van der Waals surface area contributed by atoms with Crippen molar-refractivity contribution in [3.8, 4) is 0 Å². The number of amides is 1. The number of aromatic nitrogens is 3. The number of rotatable bonds is 6. The average Bonchev–Trinajstić information content (AvgIpc) is 2.87. The number of halogens is 2. The highest BCUT2D eigenvalue weighted by molar-refractivity contribution is 6.29. The molecule has 0 aliphatic heterocycles. The minimum atomic E-state index is -0.786. The van der Waals surface area contributed by atoms with Crippen molar-refractivity contribution in [2.24, 2.45) is 0 Å². The molecular formula is C14H16ClFN4O. The van der Waals surface area contributed by atoms with Crippen LogP contribution in [0.1, 0.15) is 29.0 Å². The molecule has 21 heavy (non-hydrogen) atoms. The Morgan fingerprint density at radius 2 is 2.19 bits per heavy atom. The molecule has 112 valence electrons. The van der Waals surface area contributed by atoms with E-state index in [-0.39, 0.29) is 10.7 Å². The number of pyridine rings is 1. The highest BCUT2D eigenvalue weighted by atomic mass is 35.5. The van der Waals surface area contributed by atoms with Gasteiger partial charge in [-0.1, -0.05) is 11.6 Å². The topological polar surface area (TPSA) is 59.8 Å². The van der Waals surface area contributed by atoms with Crippen LogP contribution in [-0.4, -0.2) is 27.0 Å². The van der Waals surface area contributed by atoms with Gasteiger partial charge in [-0.3, -0.25) is 4.79 Å². The molecule has 0 saturated carbocycles. The molecule has 0 atom stereocenters. The largest absolute Gasteiger partial charge is 0.352 e. The second kappa shape index (κ2) is 7.17. The predicted octanol–water partition coefficient (Wildman–Crippen LogP) is 2.59. The van der Waals surface area contributed by atoms with Crippen LogP contribution in [0.5, 0.6) is 0 Å². The Morgan fingerprint density at radius 1 is 1.38 bits per heavy atom. The van der Waals surface area contributed by atoms with Gasteiger partial charge in [0.1, 0.15) is 5.82 Å². The van der Waals surface area contributed by atoms with Crippen LogP contribution in [0.4, 0.5) is 4.39 Å². The molecular weight excluding hydrogens is 295 g/mol. The lowest BCUT2D eigenvalue weighted by molar-refractivity contribution is 0.0948. The fourth-order valence-electron chi connectivity index (χ4n) is 1.94. The second-order valence-corrected chi connectivity index (χ2v) is 4.95. The van der Waals surface area contributed by atoms with Crippen LogP contribution in [0.2, 0.25) is 5.15 Å². The summed E-state index contributed by atoms with van der Waals surface area (Å²) < 4.78 is 15.6. The summed E-state index contributed by atoms with van der Waals surface area (Å²) in [7, 11) is 0. The molecule has 0 bridgehead atoms. The number of carbonyl (C=O) groups excluding carboxylic acids is 1. The fourth-order valence-corrected chi connectivity index (χ4v) is 2.10. The normalized spacial score (nSPS) is 10.6. The molecule has 2 aromatic heterocycles. The standard InChI is InChI=1S/C14H16ClFN4O/c1-10-17-7-9-20(10)8-3-2-5-19-14(21)11-4-6-18-13(15)12(11)16/h4,6-7,9H,2-3,5,8H2,1H3,(H,19,21). The number of hydrogen-bond acceptors (Lipinski definition) is 3. The molecule has 0 spiro atoms. The summed E-state index contributed by atoms with van der Waals surface area (Å²) in [6.07, 6.45) is 6.68. The summed E-state index contributed by atoms with van der Waals surface area (Å²) >= 11 is 5.54. The van der Waals surface area contributed by atoms with Gasteiger partial charge < -0.3 is 9.88 Å². The van der Waals surface area contributed by atoms with Crippen molar-refractivity contribution in [3.63, 3.8) is 0 Å². The molecule has 0 fully saturated rings. The molecule has 0 aliphatic carbocycles. The number of imidazole rings is 1. The van der Waals surface area contributed by atoms with Crippen molar-refractivity contribution in [3.05, 3.63) is 47.0 Å². The first-order valence-electron chi connectivity index (χ1n) is 6.65. The van der Waals surface area contributed by atoms with Gasteiger partial charge in [-0.2, -0.15) is 0 Å². The van der Waals surface area contributed by atoms with Crippen LogP contribution in [0.3, 0.4) is 0 Å². The zero-order valence-electron chi connectivity index (χ0n) is 11.6. The monoisotopic (exact) mass is 310 g/mol. The maximum Gasteiger partial charge on any atom is 0.254 e. The zero-order chi connectivity index (χ0) is 15.2. The minimum absolute atomic E-state index is 0.0829. The van der Waals surface area contributed by atoms with Gasteiger partial charge in [0.2, 0.25) is 0 Å². The quantitative estimate of drug-likeness (QED) is 0.659. The van der Waals surface area contributed by atoms with Crippen LogP contribution < -0.4 is 5.32 Å². The molecule has 0 aromatic carbocycles. The van der Waals surface area contributed by atoms with Crippen molar-refractivity contribution in [2.75, 3.05) is 6.54 Å². The Bertz CT molecular complexity index is 629. The Kier molecular flexibility index (Phi) is 5.27. The van der Waals surface area contributed by atoms with Crippen LogP contribution in [0.15, 0.2) is 24.7 Å². The van der Waals surface area contributed by atoms with E-state index in [4.69, 9.17) is 11.6 Å². The maximum atomic E-state index is 13.6. The van der Waals surface area contributed by atoms with Gasteiger partial charge in [0.05, 0.1) is 5.56 Å². The first-order valence-corrected chi connectivity index (χ1v) is 7.03. The van der Waals surface area contributed by atoms with Gasteiger partial charge in [0, 0.05) is 31.7 Å². The van der Waals surface area contributed by atoms with E-state index in [1.54, 1.807) is 6.20 Å². The molecule has 2 aromatic rings. The zero-order valence-corrected chi connectivity index (χ0v) is 12.4. The summed E-state index contributed by atoms with van der Waals surface area (Å²) in [5.41, 5.74) is -0.0829. The number of nitrogens with zero attached hydrogens (tertiary/aromatic N) is 3. The molecule has 0 saturated heterocycles. The van der Waals surface area contributed by atoms with E-state index in [0.29, 0.717) is 6.54 Å². The van der Waals surface area contributed by atoms with Crippen molar-refractivity contribution in [1.29, 1.82) is 0 Å². The molecule has 0 unspecified atom stereocenters. The molecule has 0 radical (unpaired) electrons. The van der Waals surface area contributed by atoms with Crippen LogP contribution in [0.25, 0.3) is 0 Å². The Morgan fingerprint density at radius 3 is 2.90 bits per heavy atom. The molecule has 5 nitrogen and oxygen atoms in total. The van der Waals surface area contributed by atoms with Crippen LogP contribution in [-0.2, 0) is 6.54 Å². The van der Waals surface area contributed by atoms with Crippen molar-refractivity contribution in [2.45, 2.75) is 26.3 Å². The van der Waals surface area contributed by atoms with Gasteiger partial charge in [-0.25, -0.2) is 14.4 Å². The van der Waals surface area contributed by atoms with Gasteiger partial charge in [0.25, 0.3) is 5.91 Å². The van der Waals surface area contributed by atoms with Crippen molar-refractivity contribution >= 4 is 17.5 Å². The third kappa shape index (κ3) is 4.01. The molecule has 1 N–H and O–H groups in total. The first-order chi connectivity index (χ1) is 10.1. The van der Waals surface area contributed by atoms with Gasteiger partial charge >= 0.3 is 0 Å². The van der Waals surface area contributed by atoms with Crippen molar-refractivity contribution < 1.29 is 9.18 Å². The highest BCUT2D eigenvalue weighted by Gasteiger charge is 2.14. The molecule has 7 heteroatoms. The van der Waals surface area contributed by atoms with Gasteiger partial charge in [0.15, 0.2) is 11.0 Å². The molecule has 0 aliphatic rings. The summed E-state index contributed by atoms with van der Waals surface area (Å²) in [6.45, 7) is 3.26. The minimum Gasteiger partial charge on any atom is -0.352 e. The highest BCUT2D eigenvalue weighted by Crippen LogP contribution is 2.14. The molecule has 2 heterocycles. The number of carbonyl (C=O) groups is 1. The third-order valence-corrected chi connectivity index (χ3v) is 3.39. The van der Waals surface area contributed by atoms with E-state index < -0.39 is 11.7 Å². The second-order valence-electron chi connectivity index (χ2n) is 4.59. The lowest BCUT2D eigenvalue weighted by Gasteiger charge is -2.07. The van der Waals surface area contributed by atoms with E-state index in [9.17, 15) is 9.18 Å². The van der Waals surface area contributed by atoms with E-state index in [0.717, 1.165) is 25.2 Å². The predicted molar refractivity (Wildman–Crippen MR) is 77.7 cm³/mol. The number of nitrogens with one attached hydrogen (secondary N) is 1. The van der Waals surface area contributed by atoms with Crippen molar-refractivity contribution in [1.82, 2.24) is 19.9 Å².